The predicted octanol–water partition coefficient (Wildman–Crippen LogP) is 4.74. The van der Waals surface area contributed by atoms with E-state index < -0.39 is 5.60 Å². The molecular weight excluding hydrogens is 388 g/mol. The predicted molar refractivity (Wildman–Crippen MR) is 116 cm³/mol. The molecule has 1 aliphatic rings. The van der Waals surface area contributed by atoms with Gasteiger partial charge in [0.25, 0.3) is 0 Å². The van der Waals surface area contributed by atoms with E-state index in [1.165, 1.54) is 0 Å². The number of amides is 1. The van der Waals surface area contributed by atoms with Gasteiger partial charge >= 0.3 is 6.09 Å². The average molecular weight is 413 g/mol. The van der Waals surface area contributed by atoms with Gasteiger partial charge in [-0.1, -0.05) is 29.8 Å². The smallest absolute Gasteiger partial charge is 0.410 e. The van der Waals surface area contributed by atoms with Crippen LogP contribution in [-0.4, -0.2) is 52.6 Å². The number of hydrogen-bond acceptors (Lipinski definition) is 4. The lowest BCUT2D eigenvalue weighted by Crippen LogP contribution is -2.50. The number of fused-ring (bicyclic) bond motifs is 1. The molecule has 6 nitrogen and oxygen atoms in total. The first-order chi connectivity index (χ1) is 13.8. The lowest BCUT2D eigenvalue weighted by Gasteiger charge is -2.36. The molecule has 1 aliphatic heterocycles. The monoisotopic (exact) mass is 412 g/mol. The maximum atomic E-state index is 12.3. The van der Waals surface area contributed by atoms with E-state index >= 15 is 0 Å². The van der Waals surface area contributed by atoms with Crippen LogP contribution in [0.5, 0.6) is 0 Å². The number of piperazine rings is 1. The van der Waals surface area contributed by atoms with Gasteiger partial charge in [0.05, 0.1) is 11.2 Å². The number of halogens is 1. The highest BCUT2D eigenvalue weighted by Crippen LogP contribution is 2.27. The van der Waals surface area contributed by atoms with Crippen LogP contribution in [0.1, 0.15) is 20.8 Å². The second kappa shape index (κ2) is 7.59. The van der Waals surface area contributed by atoms with Crippen molar-refractivity contribution in [2.45, 2.75) is 26.4 Å². The number of aromatic nitrogens is 2. The Hall–Kier alpha value is -2.73. The first kappa shape index (κ1) is 19.6. The summed E-state index contributed by atoms with van der Waals surface area (Å²) in [5.74, 6) is 0. The molecule has 0 N–H and O–H groups in total. The minimum absolute atomic E-state index is 0.247. The van der Waals surface area contributed by atoms with Crippen LogP contribution in [-0.2, 0) is 4.74 Å². The normalized spacial score (nSPS) is 15.0. The Morgan fingerprint density at radius 1 is 1.00 bits per heavy atom. The molecule has 4 rings (SSSR count). The Morgan fingerprint density at radius 3 is 2.41 bits per heavy atom. The molecule has 0 spiro atoms. The van der Waals surface area contributed by atoms with Crippen LogP contribution >= 0.6 is 11.6 Å². The highest BCUT2D eigenvalue weighted by Gasteiger charge is 2.26. The summed E-state index contributed by atoms with van der Waals surface area (Å²) < 4.78 is 7.36. The van der Waals surface area contributed by atoms with Gasteiger partial charge in [-0.25, -0.2) is 9.48 Å². The highest BCUT2D eigenvalue weighted by atomic mass is 35.5. The Labute approximate surface area is 175 Å². The molecule has 0 bridgehead atoms. The van der Waals surface area contributed by atoms with Crippen LogP contribution in [0.25, 0.3) is 16.6 Å². The average Bonchev–Trinajstić information content (AvgIpc) is 3.04. The molecule has 2 heterocycles. The van der Waals surface area contributed by atoms with Gasteiger partial charge in [0.1, 0.15) is 5.60 Å². The zero-order chi connectivity index (χ0) is 20.6. The number of rotatable bonds is 2. The van der Waals surface area contributed by atoms with Crippen molar-refractivity contribution in [1.29, 1.82) is 0 Å². The third-order valence-corrected chi connectivity index (χ3v) is 5.19. The maximum Gasteiger partial charge on any atom is 0.410 e. The summed E-state index contributed by atoms with van der Waals surface area (Å²) >= 11 is 6.32. The van der Waals surface area contributed by atoms with Crippen LogP contribution in [0.15, 0.2) is 48.5 Å². The van der Waals surface area contributed by atoms with Gasteiger partial charge < -0.3 is 14.5 Å². The SMILES string of the molecule is CC(C)(C)OC(=O)N1CCN(c2cccc(-n3nc(Cl)c4ccccc43)c2)CC1. The lowest BCUT2D eigenvalue weighted by atomic mass is 10.2. The van der Waals surface area contributed by atoms with Crippen molar-refractivity contribution in [3.05, 3.63) is 53.7 Å². The second-order valence-electron chi connectivity index (χ2n) is 8.19. The van der Waals surface area contributed by atoms with Crippen molar-refractivity contribution in [3.8, 4) is 5.69 Å². The summed E-state index contributed by atoms with van der Waals surface area (Å²) in [6, 6.07) is 16.2. The van der Waals surface area contributed by atoms with Gasteiger partial charge in [-0.3, -0.25) is 0 Å². The van der Waals surface area contributed by atoms with E-state index in [2.05, 4.69) is 22.1 Å². The van der Waals surface area contributed by atoms with Crippen LogP contribution in [0.3, 0.4) is 0 Å². The fourth-order valence-electron chi connectivity index (χ4n) is 3.52. The molecule has 152 valence electrons. The van der Waals surface area contributed by atoms with Gasteiger partial charge in [0, 0.05) is 37.3 Å². The van der Waals surface area contributed by atoms with Crippen molar-refractivity contribution in [2.75, 3.05) is 31.1 Å². The Morgan fingerprint density at radius 2 is 1.69 bits per heavy atom. The summed E-state index contributed by atoms with van der Waals surface area (Å²) in [6.07, 6.45) is -0.247. The molecule has 2 aromatic carbocycles. The molecule has 0 aliphatic carbocycles. The maximum absolute atomic E-state index is 12.3. The van der Waals surface area contributed by atoms with Crippen molar-refractivity contribution < 1.29 is 9.53 Å². The van der Waals surface area contributed by atoms with Crippen molar-refractivity contribution in [2.24, 2.45) is 0 Å². The van der Waals surface area contributed by atoms with E-state index in [0.717, 1.165) is 35.4 Å². The molecule has 7 heteroatoms. The van der Waals surface area contributed by atoms with E-state index in [1.807, 2.05) is 61.9 Å². The molecule has 3 aromatic rings. The number of benzene rings is 2. The zero-order valence-electron chi connectivity index (χ0n) is 16.9. The van der Waals surface area contributed by atoms with Gasteiger partial charge in [0.2, 0.25) is 0 Å². The van der Waals surface area contributed by atoms with Crippen LogP contribution in [0, 0.1) is 0 Å². The second-order valence-corrected chi connectivity index (χ2v) is 8.55. The van der Waals surface area contributed by atoms with Crippen molar-refractivity contribution >= 4 is 34.3 Å². The molecule has 0 atom stereocenters. The van der Waals surface area contributed by atoms with E-state index in [4.69, 9.17) is 16.3 Å². The number of para-hydroxylation sites is 1. The molecule has 1 saturated heterocycles. The van der Waals surface area contributed by atoms with E-state index in [-0.39, 0.29) is 6.09 Å². The molecular formula is C22H25ClN4O2. The minimum atomic E-state index is -0.476. The van der Waals surface area contributed by atoms with Gasteiger partial charge in [-0.2, -0.15) is 5.10 Å². The van der Waals surface area contributed by atoms with E-state index in [1.54, 1.807) is 4.90 Å². The molecule has 0 saturated carbocycles. The Kier molecular flexibility index (Phi) is 5.13. The summed E-state index contributed by atoms with van der Waals surface area (Å²) in [5.41, 5.74) is 2.56. The van der Waals surface area contributed by atoms with Crippen molar-refractivity contribution in [1.82, 2.24) is 14.7 Å². The van der Waals surface area contributed by atoms with Gasteiger partial charge in [0.15, 0.2) is 5.15 Å². The molecule has 0 radical (unpaired) electrons. The molecule has 1 fully saturated rings. The minimum Gasteiger partial charge on any atom is -0.444 e. The number of carbonyl (C=O) groups excluding carboxylic acids is 1. The van der Waals surface area contributed by atoms with E-state index in [9.17, 15) is 4.79 Å². The van der Waals surface area contributed by atoms with Crippen LogP contribution < -0.4 is 4.90 Å². The van der Waals surface area contributed by atoms with Gasteiger partial charge in [-0.15, -0.1) is 0 Å². The number of ether oxygens (including phenoxy) is 1. The zero-order valence-corrected chi connectivity index (χ0v) is 17.7. The summed E-state index contributed by atoms with van der Waals surface area (Å²) in [4.78, 5) is 16.3. The molecule has 0 unspecified atom stereocenters. The van der Waals surface area contributed by atoms with Crippen molar-refractivity contribution in [3.63, 3.8) is 0 Å². The molecule has 29 heavy (non-hydrogen) atoms. The number of carbonyl (C=O) groups is 1. The lowest BCUT2D eigenvalue weighted by molar-refractivity contribution is 0.0240. The quantitative estimate of drug-likeness (QED) is 0.610. The summed E-state index contributed by atoms with van der Waals surface area (Å²) in [7, 11) is 0. The first-order valence-corrected chi connectivity index (χ1v) is 10.2. The third-order valence-electron chi connectivity index (χ3n) is 4.91. The topological polar surface area (TPSA) is 50.6 Å². The van der Waals surface area contributed by atoms with E-state index in [0.29, 0.717) is 18.2 Å². The molecule has 1 aromatic heterocycles. The standard InChI is InChI=1S/C22H25ClN4O2/c1-22(2,3)29-21(28)26-13-11-25(12-14-26)16-7-6-8-17(15-16)27-19-10-5-4-9-18(19)20(23)24-27/h4-10,15H,11-14H2,1-3H3. The highest BCUT2D eigenvalue weighted by molar-refractivity contribution is 6.34. The van der Waals surface area contributed by atoms with Crippen LogP contribution in [0.2, 0.25) is 5.15 Å². The Balaban J connectivity index is 1.51. The number of anilines is 1. The molecule has 1 amide bonds. The first-order valence-electron chi connectivity index (χ1n) is 9.78. The van der Waals surface area contributed by atoms with Crippen LogP contribution in [0.4, 0.5) is 10.5 Å². The van der Waals surface area contributed by atoms with Gasteiger partial charge in [-0.05, 0) is 51.1 Å². The number of nitrogens with zero attached hydrogens (tertiary/aromatic N) is 4. The fraction of sp³-hybridized carbons (Fsp3) is 0.364. The summed E-state index contributed by atoms with van der Waals surface area (Å²) in [6.45, 7) is 8.44. The summed E-state index contributed by atoms with van der Waals surface area (Å²) in [5, 5.41) is 5.94. The fourth-order valence-corrected chi connectivity index (χ4v) is 3.76. The Bertz CT molecular complexity index is 1030. The number of hydrogen-bond donors (Lipinski definition) is 0. The third kappa shape index (κ3) is 4.17. The largest absolute Gasteiger partial charge is 0.444 e.